The smallest absolute Gasteiger partial charge is 0.325 e. The van der Waals surface area contributed by atoms with Gasteiger partial charge in [-0.1, -0.05) is 20.8 Å². The number of thiazole rings is 1. The molecule has 2 heterocycles. The average Bonchev–Trinajstić information content (AvgIpc) is 2.94. The molecule has 25 heavy (non-hydrogen) atoms. The topological polar surface area (TPSA) is 83.8 Å². The largest absolute Gasteiger partial charge is 0.327 e. The second-order valence-electron chi connectivity index (χ2n) is 8.06. The predicted molar refractivity (Wildman–Crippen MR) is 93.6 cm³/mol. The molecule has 136 valence electrons. The van der Waals surface area contributed by atoms with E-state index in [1.165, 1.54) is 11.3 Å². The lowest BCUT2D eigenvalue weighted by Crippen LogP contribution is -2.54. The summed E-state index contributed by atoms with van der Waals surface area (Å²) in [5.41, 5.74) is -0.915. The van der Waals surface area contributed by atoms with Gasteiger partial charge >= 0.3 is 6.03 Å². The van der Waals surface area contributed by atoms with Crippen LogP contribution >= 0.6 is 11.3 Å². The molecule has 2 fully saturated rings. The summed E-state index contributed by atoms with van der Waals surface area (Å²) in [6.45, 7) is 6.01. The third kappa shape index (κ3) is 3.40. The van der Waals surface area contributed by atoms with Crippen LogP contribution in [0.25, 0.3) is 0 Å². The number of nitrogens with one attached hydrogen (secondary N) is 1. The van der Waals surface area contributed by atoms with Crippen molar-refractivity contribution < 1.29 is 14.4 Å². The molecule has 1 aromatic heterocycles. The van der Waals surface area contributed by atoms with Crippen molar-refractivity contribution in [3.63, 3.8) is 0 Å². The van der Waals surface area contributed by atoms with Crippen molar-refractivity contribution >= 4 is 29.2 Å². The summed E-state index contributed by atoms with van der Waals surface area (Å²) in [5.74, 6) is -0.462. The molecule has 8 heteroatoms. The first-order chi connectivity index (χ1) is 11.6. The van der Waals surface area contributed by atoms with Gasteiger partial charge in [0.05, 0.1) is 0 Å². The van der Waals surface area contributed by atoms with Crippen LogP contribution in [0, 0.1) is 11.3 Å². The van der Waals surface area contributed by atoms with Gasteiger partial charge in [0, 0.05) is 18.6 Å². The van der Waals surface area contributed by atoms with Crippen LogP contribution in [0.4, 0.5) is 4.79 Å². The predicted octanol–water partition coefficient (Wildman–Crippen LogP) is 1.65. The van der Waals surface area contributed by atoms with E-state index in [0.29, 0.717) is 23.6 Å². The molecular weight excluding hydrogens is 340 g/mol. The zero-order valence-electron chi connectivity index (χ0n) is 15.0. The molecule has 4 amide bonds. The minimum Gasteiger partial charge on any atom is -0.327 e. The maximum absolute atomic E-state index is 13.0. The lowest BCUT2D eigenvalue weighted by molar-refractivity contribution is -0.137. The van der Waals surface area contributed by atoms with Crippen LogP contribution in [-0.4, -0.2) is 39.4 Å². The van der Waals surface area contributed by atoms with Crippen molar-refractivity contribution in [2.45, 2.75) is 45.6 Å². The first-order valence-corrected chi connectivity index (χ1v) is 9.32. The van der Waals surface area contributed by atoms with Gasteiger partial charge in [-0.2, -0.15) is 4.99 Å². The highest BCUT2D eigenvalue weighted by Gasteiger charge is 2.56. The van der Waals surface area contributed by atoms with Crippen molar-refractivity contribution in [1.82, 2.24) is 14.8 Å². The maximum atomic E-state index is 13.0. The molecule has 1 aromatic rings. The molecule has 3 rings (SSSR count). The molecule has 2 atom stereocenters. The minimum absolute atomic E-state index is 0.0320. The van der Waals surface area contributed by atoms with Crippen LogP contribution in [0.2, 0.25) is 0 Å². The molecule has 1 saturated carbocycles. The van der Waals surface area contributed by atoms with Gasteiger partial charge in [0.1, 0.15) is 12.1 Å². The third-order valence-electron chi connectivity index (χ3n) is 4.90. The molecule has 2 aliphatic rings. The molecule has 0 aromatic carbocycles. The average molecular weight is 364 g/mol. The summed E-state index contributed by atoms with van der Waals surface area (Å²) < 4.78 is 1.72. The van der Waals surface area contributed by atoms with E-state index in [2.05, 4.69) is 31.1 Å². The summed E-state index contributed by atoms with van der Waals surface area (Å²) in [6.07, 6.45) is 4.02. The Balaban J connectivity index is 1.80. The lowest BCUT2D eigenvalue weighted by atomic mass is 9.64. The van der Waals surface area contributed by atoms with E-state index in [9.17, 15) is 14.4 Å². The highest BCUT2D eigenvalue weighted by molar-refractivity contribution is 7.07. The molecule has 1 N–H and O–H groups in total. The monoisotopic (exact) mass is 364 g/mol. The lowest BCUT2D eigenvalue weighted by Gasteiger charge is -2.43. The van der Waals surface area contributed by atoms with E-state index in [-0.39, 0.29) is 17.9 Å². The third-order valence-corrected chi connectivity index (χ3v) is 5.75. The van der Waals surface area contributed by atoms with E-state index in [1.807, 2.05) is 5.38 Å². The number of carbonyl (C=O) groups excluding carboxylic acids is 3. The van der Waals surface area contributed by atoms with Crippen LogP contribution in [0.3, 0.4) is 0 Å². The number of hydrogen-bond donors (Lipinski definition) is 1. The molecule has 0 unspecified atom stereocenters. The number of aryl methyl sites for hydroxylation is 1. The van der Waals surface area contributed by atoms with E-state index in [4.69, 9.17) is 0 Å². The molecule has 1 spiro atoms. The van der Waals surface area contributed by atoms with Gasteiger partial charge in [-0.15, -0.1) is 11.3 Å². The van der Waals surface area contributed by atoms with E-state index in [0.717, 1.165) is 11.3 Å². The van der Waals surface area contributed by atoms with E-state index in [1.54, 1.807) is 17.8 Å². The maximum Gasteiger partial charge on any atom is 0.325 e. The van der Waals surface area contributed by atoms with Crippen molar-refractivity contribution in [3.8, 4) is 0 Å². The van der Waals surface area contributed by atoms with Gasteiger partial charge in [-0.25, -0.2) is 4.79 Å². The van der Waals surface area contributed by atoms with Crippen molar-refractivity contribution in [3.05, 3.63) is 16.4 Å². The fraction of sp³-hybridized carbons (Fsp3) is 0.647. The van der Waals surface area contributed by atoms with Crippen LogP contribution in [0.5, 0.6) is 0 Å². The Morgan fingerprint density at radius 1 is 1.40 bits per heavy atom. The Labute approximate surface area is 150 Å². The number of nitrogens with zero attached hydrogens (tertiary/aromatic N) is 3. The number of rotatable bonds is 2. The molecule has 7 nitrogen and oxygen atoms in total. The van der Waals surface area contributed by atoms with Crippen molar-refractivity contribution in [2.75, 3.05) is 6.54 Å². The SMILES string of the molecule is C[C@H]1CC(C)(C)C[C@]2(C1)NC(=O)N(CC(=O)N=c1sccn1C)C2=O. The highest BCUT2D eigenvalue weighted by Crippen LogP contribution is 2.46. The Morgan fingerprint density at radius 2 is 2.12 bits per heavy atom. The van der Waals surface area contributed by atoms with Crippen molar-refractivity contribution in [1.29, 1.82) is 0 Å². The molecular formula is C17H24N4O3S. The standard InChI is InChI=1S/C17H24N4O3S/c1-11-7-16(2,3)10-17(8-11)13(23)21(14(24)19-17)9-12(22)18-15-20(4)5-6-25-15/h5-6,11H,7-10H2,1-4H3,(H,19,24)/t11-,17-/m0/s1. The minimum atomic E-state index is -0.883. The zero-order valence-corrected chi connectivity index (χ0v) is 15.9. The summed E-state index contributed by atoms with van der Waals surface area (Å²) in [4.78, 5) is 43.1. The normalized spacial score (nSPS) is 29.4. The second-order valence-corrected chi connectivity index (χ2v) is 8.93. The summed E-state index contributed by atoms with van der Waals surface area (Å²) in [7, 11) is 1.79. The van der Waals surface area contributed by atoms with E-state index >= 15 is 0 Å². The van der Waals surface area contributed by atoms with E-state index < -0.39 is 17.5 Å². The molecule has 0 radical (unpaired) electrons. The summed E-state index contributed by atoms with van der Waals surface area (Å²) in [5, 5.41) is 4.69. The molecule has 1 saturated heterocycles. The van der Waals surface area contributed by atoms with Crippen LogP contribution in [0.15, 0.2) is 16.6 Å². The Morgan fingerprint density at radius 3 is 2.72 bits per heavy atom. The Bertz CT molecular complexity index is 794. The first-order valence-electron chi connectivity index (χ1n) is 8.44. The fourth-order valence-electron chi connectivity index (χ4n) is 4.36. The highest BCUT2D eigenvalue weighted by atomic mass is 32.1. The van der Waals surface area contributed by atoms with Crippen molar-refractivity contribution in [2.24, 2.45) is 23.4 Å². The number of urea groups is 1. The molecule has 1 aliphatic heterocycles. The van der Waals surface area contributed by atoms with Gasteiger partial charge in [-0.05, 0) is 30.6 Å². The first kappa shape index (κ1) is 17.8. The summed E-state index contributed by atoms with van der Waals surface area (Å²) >= 11 is 1.33. The zero-order chi connectivity index (χ0) is 18.4. The Kier molecular flexibility index (Phi) is 4.35. The van der Waals surface area contributed by atoms with Gasteiger partial charge in [0.25, 0.3) is 11.8 Å². The number of imide groups is 1. The number of hydrogen-bond acceptors (Lipinski definition) is 4. The second kappa shape index (κ2) is 6.09. The number of aromatic nitrogens is 1. The van der Waals surface area contributed by atoms with Gasteiger partial charge < -0.3 is 9.88 Å². The molecule has 1 aliphatic carbocycles. The number of amides is 4. The number of carbonyl (C=O) groups is 3. The van der Waals surface area contributed by atoms with Gasteiger partial charge in [-0.3, -0.25) is 14.5 Å². The van der Waals surface area contributed by atoms with Gasteiger partial charge in [0.2, 0.25) is 0 Å². The summed E-state index contributed by atoms with van der Waals surface area (Å²) in [6, 6.07) is -0.492. The van der Waals surface area contributed by atoms with Crippen LogP contribution < -0.4 is 10.1 Å². The van der Waals surface area contributed by atoms with Crippen LogP contribution in [-0.2, 0) is 16.6 Å². The molecule has 0 bridgehead atoms. The van der Waals surface area contributed by atoms with Gasteiger partial charge in [0.15, 0.2) is 4.80 Å². The van der Waals surface area contributed by atoms with Crippen LogP contribution in [0.1, 0.15) is 40.0 Å². The quantitative estimate of drug-likeness (QED) is 0.810. The Hall–Kier alpha value is -1.96. The fourth-order valence-corrected chi connectivity index (χ4v) is 5.11.